The highest BCUT2D eigenvalue weighted by atomic mass is 16.3. The lowest BCUT2D eigenvalue weighted by molar-refractivity contribution is 0.0428. The van der Waals surface area contributed by atoms with Crippen molar-refractivity contribution in [3.8, 4) is 0 Å². The van der Waals surface area contributed by atoms with Gasteiger partial charge in [0.25, 0.3) is 0 Å². The molecule has 0 saturated heterocycles. The molecule has 0 aromatic heterocycles. The predicted octanol–water partition coefficient (Wildman–Crippen LogP) is 2.73. The second-order valence-corrected chi connectivity index (χ2v) is 4.53. The second-order valence-electron chi connectivity index (χ2n) is 4.53. The molecule has 0 aliphatic carbocycles. The molecule has 2 N–H and O–H groups in total. The molecule has 0 fully saturated rings. The van der Waals surface area contributed by atoms with Crippen molar-refractivity contribution in [2.75, 3.05) is 6.61 Å². The Hall–Kier alpha value is -0.0800. The Morgan fingerprint density at radius 1 is 1.21 bits per heavy atom. The van der Waals surface area contributed by atoms with E-state index in [1.54, 1.807) is 0 Å². The molecule has 0 aromatic carbocycles. The summed E-state index contributed by atoms with van der Waals surface area (Å²) in [4.78, 5) is 0. The SMILES string of the molecule is CCC(CCO)CCCC(C)(O)CC. The fourth-order valence-electron chi connectivity index (χ4n) is 1.68. The third kappa shape index (κ3) is 6.39. The zero-order valence-corrected chi connectivity index (χ0v) is 9.92. The zero-order chi connectivity index (χ0) is 11.0. The Morgan fingerprint density at radius 3 is 2.29 bits per heavy atom. The van der Waals surface area contributed by atoms with Gasteiger partial charge in [0.05, 0.1) is 5.60 Å². The number of aliphatic hydroxyl groups is 2. The Labute approximate surface area is 88.3 Å². The first kappa shape index (κ1) is 13.9. The van der Waals surface area contributed by atoms with Crippen molar-refractivity contribution >= 4 is 0 Å². The van der Waals surface area contributed by atoms with E-state index in [4.69, 9.17) is 5.11 Å². The Kier molecular flexibility index (Phi) is 7.20. The summed E-state index contributed by atoms with van der Waals surface area (Å²) in [6, 6.07) is 0. The summed E-state index contributed by atoms with van der Waals surface area (Å²) in [7, 11) is 0. The number of hydrogen-bond donors (Lipinski definition) is 2. The number of aliphatic hydroxyl groups excluding tert-OH is 1. The average Bonchev–Trinajstić information content (AvgIpc) is 2.16. The molecule has 0 heterocycles. The van der Waals surface area contributed by atoms with Crippen LogP contribution in [0.4, 0.5) is 0 Å². The van der Waals surface area contributed by atoms with Crippen molar-refractivity contribution in [1.29, 1.82) is 0 Å². The van der Waals surface area contributed by atoms with E-state index in [2.05, 4.69) is 6.92 Å². The Balaban J connectivity index is 3.60. The monoisotopic (exact) mass is 202 g/mol. The molecule has 0 bridgehead atoms. The lowest BCUT2D eigenvalue weighted by atomic mass is 9.90. The van der Waals surface area contributed by atoms with Gasteiger partial charge in [-0.25, -0.2) is 0 Å². The molecular weight excluding hydrogens is 176 g/mol. The molecule has 2 nitrogen and oxygen atoms in total. The van der Waals surface area contributed by atoms with E-state index >= 15 is 0 Å². The molecule has 2 heteroatoms. The van der Waals surface area contributed by atoms with Gasteiger partial charge in [-0.05, 0) is 32.1 Å². The first-order chi connectivity index (χ1) is 6.55. The van der Waals surface area contributed by atoms with Gasteiger partial charge in [0.15, 0.2) is 0 Å². The van der Waals surface area contributed by atoms with Crippen molar-refractivity contribution in [3.63, 3.8) is 0 Å². The van der Waals surface area contributed by atoms with Crippen LogP contribution in [0.1, 0.15) is 59.3 Å². The van der Waals surface area contributed by atoms with E-state index in [1.165, 1.54) is 0 Å². The quantitative estimate of drug-likeness (QED) is 0.635. The van der Waals surface area contributed by atoms with E-state index in [1.807, 2.05) is 13.8 Å². The zero-order valence-electron chi connectivity index (χ0n) is 9.92. The van der Waals surface area contributed by atoms with Crippen LogP contribution in [0.5, 0.6) is 0 Å². The molecule has 2 atom stereocenters. The highest BCUT2D eigenvalue weighted by Crippen LogP contribution is 2.22. The van der Waals surface area contributed by atoms with Gasteiger partial charge in [0, 0.05) is 6.61 Å². The van der Waals surface area contributed by atoms with Gasteiger partial charge in [0.1, 0.15) is 0 Å². The van der Waals surface area contributed by atoms with Crippen molar-refractivity contribution in [2.24, 2.45) is 5.92 Å². The molecule has 0 aliphatic rings. The lowest BCUT2D eigenvalue weighted by Gasteiger charge is -2.22. The van der Waals surface area contributed by atoms with E-state index in [-0.39, 0.29) is 0 Å². The van der Waals surface area contributed by atoms with Crippen LogP contribution in [0, 0.1) is 5.92 Å². The van der Waals surface area contributed by atoms with Crippen LogP contribution in [-0.4, -0.2) is 22.4 Å². The highest BCUT2D eigenvalue weighted by Gasteiger charge is 2.17. The van der Waals surface area contributed by atoms with Crippen LogP contribution in [0.15, 0.2) is 0 Å². The summed E-state index contributed by atoms with van der Waals surface area (Å²) in [5.74, 6) is 0.632. The summed E-state index contributed by atoms with van der Waals surface area (Å²) in [5.41, 5.74) is -0.489. The standard InChI is InChI=1S/C12H26O2/c1-4-11(8-10-13)7-6-9-12(3,14)5-2/h11,13-14H,4-10H2,1-3H3. The minimum absolute atomic E-state index is 0.294. The smallest absolute Gasteiger partial charge is 0.0617 e. The third-order valence-electron chi connectivity index (χ3n) is 3.20. The summed E-state index contributed by atoms with van der Waals surface area (Å²) >= 11 is 0. The Morgan fingerprint density at radius 2 is 1.86 bits per heavy atom. The minimum Gasteiger partial charge on any atom is -0.396 e. The molecular formula is C12H26O2. The first-order valence-corrected chi connectivity index (χ1v) is 5.89. The molecule has 0 aromatic rings. The van der Waals surface area contributed by atoms with Gasteiger partial charge >= 0.3 is 0 Å². The maximum atomic E-state index is 9.79. The van der Waals surface area contributed by atoms with Crippen LogP contribution < -0.4 is 0 Å². The third-order valence-corrected chi connectivity index (χ3v) is 3.20. The molecule has 0 rings (SSSR count). The molecule has 0 radical (unpaired) electrons. The second kappa shape index (κ2) is 7.24. The van der Waals surface area contributed by atoms with Crippen molar-refractivity contribution in [2.45, 2.75) is 64.9 Å². The van der Waals surface area contributed by atoms with Gasteiger partial charge < -0.3 is 10.2 Å². The van der Waals surface area contributed by atoms with E-state index < -0.39 is 5.60 Å². The topological polar surface area (TPSA) is 40.5 Å². The van der Waals surface area contributed by atoms with Crippen molar-refractivity contribution < 1.29 is 10.2 Å². The van der Waals surface area contributed by atoms with E-state index in [0.717, 1.165) is 38.5 Å². The van der Waals surface area contributed by atoms with Crippen LogP contribution in [0.25, 0.3) is 0 Å². The van der Waals surface area contributed by atoms with Crippen LogP contribution in [0.3, 0.4) is 0 Å². The average molecular weight is 202 g/mol. The van der Waals surface area contributed by atoms with Gasteiger partial charge in [-0.3, -0.25) is 0 Å². The molecule has 86 valence electrons. The Bertz CT molecular complexity index is 132. The van der Waals surface area contributed by atoms with Gasteiger partial charge in [-0.1, -0.05) is 33.1 Å². The predicted molar refractivity (Wildman–Crippen MR) is 60.2 cm³/mol. The number of rotatable bonds is 8. The van der Waals surface area contributed by atoms with Crippen LogP contribution in [-0.2, 0) is 0 Å². The maximum absolute atomic E-state index is 9.79. The molecule has 2 unspecified atom stereocenters. The van der Waals surface area contributed by atoms with Crippen LogP contribution >= 0.6 is 0 Å². The van der Waals surface area contributed by atoms with Gasteiger partial charge in [-0.15, -0.1) is 0 Å². The summed E-state index contributed by atoms with van der Waals surface area (Å²) in [6.07, 6.45) is 5.95. The van der Waals surface area contributed by atoms with Crippen molar-refractivity contribution in [1.82, 2.24) is 0 Å². The summed E-state index contributed by atoms with van der Waals surface area (Å²) in [6.45, 7) is 6.38. The molecule has 0 aliphatic heterocycles. The van der Waals surface area contributed by atoms with Crippen molar-refractivity contribution in [3.05, 3.63) is 0 Å². The molecule has 0 amide bonds. The fourth-order valence-corrected chi connectivity index (χ4v) is 1.68. The molecule has 0 saturated carbocycles. The van der Waals surface area contributed by atoms with Gasteiger partial charge in [0.2, 0.25) is 0 Å². The van der Waals surface area contributed by atoms with E-state index in [0.29, 0.717) is 12.5 Å². The maximum Gasteiger partial charge on any atom is 0.0617 e. The summed E-state index contributed by atoms with van der Waals surface area (Å²) < 4.78 is 0. The fraction of sp³-hybridized carbons (Fsp3) is 1.00. The normalized spacial score (nSPS) is 17.8. The number of hydrogen-bond acceptors (Lipinski definition) is 2. The van der Waals surface area contributed by atoms with Crippen LogP contribution in [0.2, 0.25) is 0 Å². The van der Waals surface area contributed by atoms with Gasteiger partial charge in [-0.2, -0.15) is 0 Å². The summed E-state index contributed by atoms with van der Waals surface area (Å²) in [5, 5.41) is 18.6. The highest BCUT2D eigenvalue weighted by molar-refractivity contribution is 4.70. The van der Waals surface area contributed by atoms with E-state index in [9.17, 15) is 5.11 Å². The first-order valence-electron chi connectivity index (χ1n) is 5.89. The molecule has 14 heavy (non-hydrogen) atoms. The largest absolute Gasteiger partial charge is 0.396 e. The lowest BCUT2D eigenvalue weighted by Crippen LogP contribution is -2.22. The molecule has 0 spiro atoms. The minimum atomic E-state index is -0.489.